The highest BCUT2D eigenvalue weighted by molar-refractivity contribution is 7.28. The van der Waals surface area contributed by atoms with Gasteiger partial charge < -0.3 is 14.4 Å². The van der Waals surface area contributed by atoms with Crippen molar-refractivity contribution in [2.75, 3.05) is 18.1 Å². The summed E-state index contributed by atoms with van der Waals surface area (Å²) in [4.78, 5) is 21.3. The minimum Gasteiger partial charge on any atom is -0.485 e. The minimum atomic E-state index is -0.123. The molecule has 70 heavy (non-hydrogen) atoms. The Hall–Kier alpha value is -5.73. The van der Waals surface area contributed by atoms with Gasteiger partial charge in [-0.15, -0.1) is 34.0 Å². The highest BCUT2D eigenvalue weighted by Gasteiger charge is 2.38. The number of hydrogen-bond acceptors (Lipinski definition) is 7. The fourth-order valence-electron chi connectivity index (χ4n) is 11.5. The fourth-order valence-corrected chi connectivity index (χ4v) is 15.2. The van der Waals surface area contributed by atoms with Crippen molar-refractivity contribution in [3.8, 4) is 63.7 Å². The van der Waals surface area contributed by atoms with Gasteiger partial charge in [0, 0.05) is 37.6 Å². The summed E-state index contributed by atoms with van der Waals surface area (Å²) >= 11 is 5.24. The van der Waals surface area contributed by atoms with E-state index in [1.54, 1.807) is 22.7 Å². The van der Waals surface area contributed by atoms with Crippen molar-refractivity contribution in [2.24, 2.45) is 0 Å². The third-order valence-electron chi connectivity index (χ3n) is 15.2. The number of carbonyl (C=O) groups is 1. The number of anilines is 3. The van der Waals surface area contributed by atoms with E-state index < -0.39 is 0 Å². The summed E-state index contributed by atoms with van der Waals surface area (Å²) in [7, 11) is 0. The van der Waals surface area contributed by atoms with Crippen LogP contribution in [0.2, 0.25) is 0 Å². The monoisotopic (exact) mass is 977 g/mol. The Morgan fingerprint density at radius 2 is 1.01 bits per heavy atom. The minimum absolute atomic E-state index is 0.123. The summed E-state index contributed by atoms with van der Waals surface area (Å²) in [6.45, 7) is 15.1. The van der Waals surface area contributed by atoms with Crippen LogP contribution in [0.25, 0.3) is 52.2 Å². The van der Waals surface area contributed by atoms with E-state index in [9.17, 15) is 4.79 Å². The third kappa shape index (κ3) is 8.16. The Morgan fingerprint density at radius 3 is 1.57 bits per heavy atom. The van der Waals surface area contributed by atoms with Gasteiger partial charge in [-0.3, -0.25) is 4.79 Å². The van der Waals surface area contributed by atoms with E-state index in [1.165, 1.54) is 109 Å². The first-order valence-electron chi connectivity index (χ1n) is 25.6. The van der Waals surface area contributed by atoms with Gasteiger partial charge >= 0.3 is 0 Å². The molecule has 0 bridgehead atoms. The number of ether oxygens (including phenoxy) is 2. The van der Waals surface area contributed by atoms with Gasteiger partial charge in [0.1, 0.15) is 13.2 Å². The quantitative estimate of drug-likeness (QED) is 0.0673. The van der Waals surface area contributed by atoms with Gasteiger partial charge in [-0.1, -0.05) is 153 Å². The average molecular weight is 978 g/mol. The predicted molar refractivity (Wildman–Crippen MR) is 298 cm³/mol. The van der Waals surface area contributed by atoms with Gasteiger partial charge in [-0.25, -0.2) is 0 Å². The van der Waals surface area contributed by atoms with Gasteiger partial charge in [-0.2, -0.15) is 0 Å². The number of unbranched alkanes of at least 4 members (excludes halogenated alkanes) is 6. The summed E-state index contributed by atoms with van der Waals surface area (Å²) in [6.07, 6.45) is 12.5. The normalized spacial score (nSPS) is 14.5. The molecule has 7 heteroatoms. The molecular formula is C63H63NO3S3. The summed E-state index contributed by atoms with van der Waals surface area (Å²) in [6, 6.07) is 46.0. The SMILES string of the molecule is CCCCCCc1cc(-c2sc(-c3sc(C=O)cc3CCCCCC)c3c2OCCO3)sc1-c1ccc(N(c2ccc3c(c2)C(C)(C)c2ccccc2-3)c2ccc3c(c2)C(C)(C)c2ccccc2-3)cc1. The van der Waals surface area contributed by atoms with E-state index in [1.807, 2.05) is 11.3 Å². The molecule has 2 aliphatic carbocycles. The molecule has 8 aromatic rings. The second kappa shape index (κ2) is 19.1. The highest BCUT2D eigenvalue weighted by Crippen LogP contribution is 2.58. The largest absolute Gasteiger partial charge is 0.485 e. The van der Waals surface area contributed by atoms with Crippen molar-refractivity contribution in [2.45, 2.75) is 117 Å². The summed E-state index contributed by atoms with van der Waals surface area (Å²) < 4.78 is 13.0. The molecule has 0 radical (unpaired) electrons. The van der Waals surface area contributed by atoms with E-state index in [2.05, 4.69) is 168 Å². The molecule has 0 N–H and O–H groups in total. The number of fused-ring (bicyclic) bond motifs is 7. The lowest BCUT2D eigenvalue weighted by Gasteiger charge is -2.30. The van der Waals surface area contributed by atoms with Gasteiger partial charge in [0.25, 0.3) is 0 Å². The Morgan fingerprint density at radius 1 is 0.500 bits per heavy atom. The Bertz CT molecular complexity index is 3130. The van der Waals surface area contributed by atoms with Crippen molar-refractivity contribution in [3.63, 3.8) is 0 Å². The first-order valence-corrected chi connectivity index (χ1v) is 28.1. The highest BCUT2D eigenvalue weighted by atomic mass is 32.1. The molecule has 0 spiro atoms. The summed E-state index contributed by atoms with van der Waals surface area (Å²) in [5.74, 6) is 1.68. The number of aldehydes is 1. The lowest BCUT2D eigenvalue weighted by molar-refractivity contribution is 0.112. The van der Waals surface area contributed by atoms with E-state index in [0.29, 0.717) is 13.2 Å². The second-order valence-corrected chi connectivity index (χ2v) is 23.7. The number of thiophene rings is 3. The van der Waals surface area contributed by atoms with E-state index in [-0.39, 0.29) is 10.8 Å². The molecule has 0 fully saturated rings. The Labute approximate surface area is 427 Å². The molecule has 0 unspecified atom stereocenters. The molecule has 4 heterocycles. The molecule has 3 aromatic heterocycles. The van der Waals surface area contributed by atoms with Crippen LogP contribution in [-0.4, -0.2) is 19.5 Å². The topological polar surface area (TPSA) is 38.8 Å². The molecular weight excluding hydrogens is 915 g/mol. The molecule has 0 saturated carbocycles. The average Bonchev–Trinajstić information content (AvgIpc) is 4.19. The molecule has 0 amide bonds. The maximum Gasteiger partial charge on any atom is 0.181 e. The van der Waals surface area contributed by atoms with Crippen LogP contribution in [0.3, 0.4) is 0 Å². The van der Waals surface area contributed by atoms with Crippen molar-refractivity contribution in [1.29, 1.82) is 0 Å². The van der Waals surface area contributed by atoms with Gasteiger partial charge in [0.15, 0.2) is 17.8 Å². The lowest BCUT2D eigenvalue weighted by atomic mass is 9.82. The number of carbonyl (C=O) groups excluding carboxylic acids is 1. The molecule has 5 aromatic carbocycles. The molecule has 1 aliphatic heterocycles. The first-order chi connectivity index (χ1) is 34.1. The Kier molecular flexibility index (Phi) is 12.7. The van der Waals surface area contributed by atoms with Gasteiger partial charge in [0.2, 0.25) is 0 Å². The van der Waals surface area contributed by atoms with Crippen molar-refractivity contribution < 1.29 is 14.3 Å². The smallest absolute Gasteiger partial charge is 0.181 e. The van der Waals surface area contributed by atoms with Gasteiger partial charge in [0.05, 0.1) is 19.5 Å². The maximum atomic E-state index is 12.2. The van der Waals surface area contributed by atoms with Crippen LogP contribution >= 0.6 is 34.0 Å². The maximum absolute atomic E-state index is 12.2. The summed E-state index contributed by atoms with van der Waals surface area (Å²) in [5.41, 5.74) is 17.9. The Balaban J connectivity index is 0.999. The summed E-state index contributed by atoms with van der Waals surface area (Å²) in [5, 5.41) is 0. The standard InChI is InChI=1S/C63H63NO3S3/c1-7-9-11-13-19-41-35-46(39-65)68-59(41)61-57-56(66-33-34-67-57)60(70-61)55-36-42(20-14-12-10-8-2)58(69-55)40-25-27-43(28-26-40)64(44-29-31-49-47-21-15-17-23-51(47)62(3,4)53(49)37-44)45-30-32-50-48-22-16-18-24-52(48)63(5,6)54(50)38-45/h15-18,21-32,35-39H,7-14,19-20,33-34H2,1-6H3. The van der Waals surface area contributed by atoms with Crippen molar-refractivity contribution >= 4 is 57.4 Å². The van der Waals surface area contributed by atoms with Crippen molar-refractivity contribution in [3.05, 3.63) is 160 Å². The van der Waals surface area contributed by atoms with Crippen LogP contribution in [0.1, 0.15) is 136 Å². The van der Waals surface area contributed by atoms with Crippen molar-refractivity contribution in [1.82, 2.24) is 0 Å². The third-order valence-corrected chi connectivity index (χ3v) is 19.0. The van der Waals surface area contributed by atoms with Crippen LogP contribution < -0.4 is 14.4 Å². The molecule has 356 valence electrons. The van der Waals surface area contributed by atoms with Gasteiger partial charge in [-0.05, 0) is 135 Å². The molecule has 4 nitrogen and oxygen atoms in total. The van der Waals surface area contributed by atoms with E-state index >= 15 is 0 Å². The zero-order valence-corrected chi connectivity index (χ0v) is 44.0. The molecule has 11 rings (SSSR count). The van der Waals surface area contributed by atoms with Crippen LogP contribution in [0.5, 0.6) is 11.5 Å². The second-order valence-electron chi connectivity index (χ2n) is 20.5. The number of rotatable bonds is 17. The molecule has 0 saturated heterocycles. The zero-order valence-electron chi connectivity index (χ0n) is 41.5. The molecule has 0 atom stereocenters. The first kappa shape index (κ1) is 46.6. The van der Waals surface area contributed by atoms with Crippen LogP contribution in [-0.2, 0) is 23.7 Å². The molecule has 3 aliphatic rings. The zero-order chi connectivity index (χ0) is 48.1. The number of hydrogen-bond donors (Lipinski definition) is 0. The van der Waals surface area contributed by atoms with Crippen LogP contribution in [0.4, 0.5) is 17.1 Å². The predicted octanol–water partition coefficient (Wildman–Crippen LogP) is 18.8. The van der Waals surface area contributed by atoms with E-state index in [4.69, 9.17) is 9.47 Å². The van der Waals surface area contributed by atoms with Crippen LogP contribution in [0, 0.1) is 0 Å². The number of nitrogens with zero attached hydrogens (tertiary/aromatic N) is 1. The number of aryl methyl sites for hydroxylation is 2. The lowest BCUT2D eigenvalue weighted by Crippen LogP contribution is -2.18. The van der Waals surface area contributed by atoms with E-state index in [0.717, 1.165) is 80.0 Å². The fraction of sp³-hybridized carbons (Fsp3) is 0.317. The number of benzene rings is 5. The van der Waals surface area contributed by atoms with Crippen LogP contribution in [0.15, 0.2) is 121 Å².